The summed E-state index contributed by atoms with van der Waals surface area (Å²) in [7, 11) is 0. The standard InChI is InChI=1S/C12H11N3O5/c1-2-13-9(16)6-14-11(17)7-4-3-5-8(15(19)20)10(7)12(14)18/h3-5H,2,6H2,1H3,(H,13,16). The predicted octanol–water partition coefficient (Wildman–Crippen LogP) is 0.327. The lowest BCUT2D eigenvalue weighted by Crippen LogP contribution is -2.40. The van der Waals surface area contributed by atoms with Crippen molar-refractivity contribution in [2.24, 2.45) is 0 Å². The van der Waals surface area contributed by atoms with E-state index in [0.29, 0.717) is 11.4 Å². The third kappa shape index (κ3) is 2.11. The van der Waals surface area contributed by atoms with Gasteiger partial charge in [0.05, 0.1) is 10.5 Å². The number of carbonyl (C=O) groups is 3. The van der Waals surface area contributed by atoms with Gasteiger partial charge in [-0.1, -0.05) is 6.07 Å². The summed E-state index contributed by atoms with van der Waals surface area (Å²) >= 11 is 0. The molecule has 0 aromatic heterocycles. The molecule has 1 N–H and O–H groups in total. The molecule has 1 aliphatic rings. The highest BCUT2D eigenvalue weighted by Gasteiger charge is 2.41. The number of benzene rings is 1. The van der Waals surface area contributed by atoms with Crippen molar-refractivity contribution in [1.29, 1.82) is 0 Å². The minimum atomic E-state index is -0.816. The quantitative estimate of drug-likeness (QED) is 0.484. The molecule has 3 amide bonds. The number of imide groups is 1. The maximum Gasteiger partial charge on any atom is 0.282 e. The second kappa shape index (κ2) is 5.08. The Labute approximate surface area is 113 Å². The number of carbonyl (C=O) groups excluding carboxylic acids is 3. The maximum atomic E-state index is 12.1. The van der Waals surface area contributed by atoms with Gasteiger partial charge in [0.2, 0.25) is 5.91 Å². The topological polar surface area (TPSA) is 110 Å². The number of hydrogen-bond acceptors (Lipinski definition) is 5. The monoisotopic (exact) mass is 277 g/mol. The Morgan fingerprint density at radius 1 is 1.35 bits per heavy atom. The van der Waals surface area contributed by atoms with Crippen LogP contribution in [-0.4, -0.2) is 40.6 Å². The molecule has 1 aliphatic heterocycles. The Morgan fingerprint density at radius 3 is 2.65 bits per heavy atom. The first kappa shape index (κ1) is 13.7. The van der Waals surface area contributed by atoms with Gasteiger partial charge in [-0.2, -0.15) is 0 Å². The van der Waals surface area contributed by atoms with Crippen molar-refractivity contribution in [3.8, 4) is 0 Å². The number of nitro benzene ring substituents is 1. The molecule has 0 atom stereocenters. The van der Waals surface area contributed by atoms with Gasteiger partial charge in [0.25, 0.3) is 17.5 Å². The predicted molar refractivity (Wildman–Crippen MR) is 67.1 cm³/mol. The molecule has 1 aromatic rings. The van der Waals surface area contributed by atoms with E-state index in [1.54, 1.807) is 6.92 Å². The van der Waals surface area contributed by atoms with Crippen molar-refractivity contribution in [2.45, 2.75) is 6.92 Å². The molecule has 0 saturated heterocycles. The Kier molecular flexibility index (Phi) is 3.47. The van der Waals surface area contributed by atoms with Gasteiger partial charge in [0.1, 0.15) is 12.1 Å². The average Bonchev–Trinajstić information content (AvgIpc) is 2.64. The Balaban J connectivity index is 2.38. The normalized spacial score (nSPS) is 13.3. The van der Waals surface area contributed by atoms with Crippen LogP contribution in [0.25, 0.3) is 0 Å². The van der Waals surface area contributed by atoms with Crippen molar-refractivity contribution < 1.29 is 19.3 Å². The lowest BCUT2D eigenvalue weighted by atomic mass is 10.1. The third-order valence-electron chi connectivity index (χ3n) is 2.85. The van der Waals surface area contributed by atoms with Crippen molar-refractivity contribution in [1.82, 2.24) is 10.2 Å². The zero-order valence-corrected chi connectivity index (χ0v) is 10.6. The molecule has 0 fully saturated rings. The number of likely N-dealkylation sites (N-methyl/N-ethyl adjacent to an activating group) is 1. The molecule has 0 saturated carbocycles. The van der Waals surface area contributed by atoms with E-state index in [1.165, 1.54) is 12.1 Å². The molecule has 20 heavy (non-hydrogen) atoms. The van der Waals surface area contributed by atoms with Gasteiger partial charge in [-0.25, -0.2) is 0 Å². The number of nitro groups is 1. The highest BCUT2D eigenvalue weighted by atomic mass is 16.6. The van der Waals surface area contributed by atoms with Crippen LogP contribution in [-0.2, 0) is 4.79 Å². The lowest BCUT2D eigenvalue weighted by Gasteiger charge is -2.12. The molecule has 1 aromatic carbocycles. The Hall–Kier alpha value is -2.77. The number of nitrogens with one attached hydrogen (secondary N) is 1. The smallest absolute Gasteiger partial charge is 0.282 e. The fourth-order valence-electron chi connectivity index (χ4n) is 2.01. The van der Waals surface area contributed by atoms with Crippen LogP contribution in [0.15, 0.2) is 18.2 Å². The van der Waals surface area contributed by atoms with E-state index in [2.05, 4.69) is 5.32 Å². The van der Waals surface area contributed by atoms with Crippen LogP contribution < -0.4 is 5.32 Å². The second-order valence-electron chi connectivity index (χ2n) is 4.11. The molecule has 8 heteroatoms. The van der Waals surface area contributed by atoms with Gasteiger partial charge in [-0.3, -0.25) is 29.4 Å². The first-order valence-electron chi connectivity index (χ1n) is 5.87. The van der Waals surface area contributed by atoms with Gasteiger partial charge in [-0.05, 0) is 13.0 Å². The van der Waals surface area contributed by atoms with E-state index in [4.69, 9.17) is 0 Å². The molecule has 1 heterocycles. The van der Waals surface area contributed by atoms with Gasteiger partial charge in [-0.15, -0.1) is 0 Å². The van der Waals surface area contributed by atoms with Gasteiger partial charge in [0, 0.05) is 12.6 Å². The zero-order chi connectivity index (χ0) is 14.9. The molecule has 0 radical (unpaired) electrons. The average molecular weight is 277 g/mol. The molecule has 2 rings (SSSR count). The number of hydrogen-bond donors (Lipinski definition) is 1. The summed E-state index contributed by atoms with van der Waals surface area (Å²) in [5, 5.41) is 13.3. The number of nitrogens with zero attached hydrogens (tertiary/aromatic N) is 2. The minimum Gasteiger partial charge on any atom is -0.355 e. The summed E-state index contributed by atoms with van der Waals surface area (Å²) in [6.45, 7) is 1.62. The molecule has 0 bridgehead atoms. The molecular weight excluding hydrogens is 266 g/mol. The number of rotatable bonds is 4. The third-order valence-corrected chi connectivity index (χ3v) is 2.85. The number of fused-ring (bicyclic) bond motifs is 1. The van der Waals surface area contributed by atoms with Crippen LogP contribution in [0.3, 0.4) is 0 Å². The van der Waals surface area contributed by atoms with Crippen molar-refractivity contribution in [2.75, 3.05) is 13.1 Å². The van der Waals surface area contributed by atoms with Crippen LogP contribution >= 0.6 is 0 Å². The second-order valence-corrected chi connectivity index (χ2v) is 4.11. The first-order valence-corrected chi connectivity index (χ1v) is 5.87. The van der Waals surface area contributed by atoms with Crippen molar-refractivity contribution in [3.63, 3.8) is 0 Å². The van der Waals surface area contributed by atoms with Crippen molar-refractivity contribution in [3.05, 3.63) is 39.4 Å². The van der Waals surface area contributed by atoms with Gasteiger partial charge in [0.15, 0.2) is 0 Å². The van der Waals surface area contributed by atoms with Crippen LogP contribution in [0, 0.1) is 10.1 Å². The van der Waals surface area contributed by atoms with E-state index in [1.807, 2.05) is 0 Å². The molecule has 0 aliphatic carbocycles. The molecular formula is C12H11N3O5. The molecule has 0 unspecified atom stereocenters. The Morgan fingerprint density at radius 2 is 2.05 bits per heavy atom. The summed E-state index contributed by atoms with van der Waals surface area (Å²) in [6.07, 6.45) is 0. The van der Waals surface area contributed by atoms with Crippen molar-refractivity contribution >= 4 is 23.4 Å². The first-order chi connectivity index (χ1) is 9.47. The largest absolute Gasteiger partial charge is 0.355 e. The van der Waals surface area contributed by atoms with Crippen LogP contribution in [0.1, 0.15) is 27.6 Å². The van der Waals surface area contributed by atoms with E-state index in [0.717, 1.165) is 6.07 Å². The van der Waals surface area contributed by atoms with Gasteiger partial charge >= 0.3 is 0 Å². The number of amides is 3. The lowest BCUT2D eigenvalue weighted by molar-refractivity contribution is -0.385. The van der Waals surface area contributed by atoms with Gasteiger partial charge < -0.3 is 5.32 Å². The summed E-state index contributed by atoms with van der Waals surface area (Å²) in [4.78, 5) is 46.5. The molecule has 8 nitrogen and oxygen atoms in total. The van der Waals surface area contributed by atoms with E-state index in [9.17, 15) is 24.5 Å². The van der Waals surface area contributed by atoms with Crippen LogP contribution in [0.2, 0.25) is 0 Å². The summed E-state index contributed by atoms with van der Waals surface area (Å²) in [5.41, 5.74) is -0.737. The Bertz CT molecular complexity index is 626. The van der Waals surface area contributed by atoms with Crippen LogP contribution in [0.5, 0.6) is 0 Å². The fourth-order valence-corrected chi connectivity index (χ4v) is 2.01. The molecule has 0 spiro atoms. The minimum absolute atomic E-state index is 0.0477. The maximum absolute atomic E-state index is 12.1. The highest BCUT2D eigenvalue weighted by Crippen LogP contribution is 2.30. The van der Waals surface area contributed by atoms with Crippen LogP contribution in [0.4, 0.5) is 5.69 Å². The SMILES string of the molecule is CCNC(=O)CN1C(=O)c2cccc([N+](=O)[O-])c2C1=O. The highest BCUT2D eigenvalue weighted by molar-refractivity contribution is 6.24. The zero-order valence-electron chi connectivity index (χ0n) is 10.6. The summed E-state index contributed by atoms with van der Waals surface area (Å²) in [5.74, 6) is -2.01. The summed E-state index contributed by atoms with van der Waals surface area (Å²) in [6, 6.07) is 3.82. The fraction of sp³-hybridized carbons (Fsp3) is 0.250. The van der Waals surface area contributed by atoms with E-state index < -0.39 is 34.9 Å². The van der Waals surface area contributed by atoms with E-state index in [-0.39, 0.29) is 11.1 Å². The van der Waals surface area contributed by atoms with E-state index >= 15 is 0 Å². The molecule has 104 valence electrons. The summed E-state index contributed by atoms with van der Waals surface area (Å²) < 4.78 is 0.